The van der Waals surface area contributed by atoms with Gasteiger partial charge in [0, 0.05) is 0 Å². The minimum atomic E-state index is -3.67. The highest BCUT2D eigenvalue weighted by molar-refractivity contribution is 7.91. The molecular formula is C26H18ClN4O3P. The van der Waals surface area contributed by atoms with E-state index >= 15 is 0 Å². The third-order valence-electron chi connectivity index (χ3n) is 5.43. The molecule has 0 saturated heterocycles. The summed E-state index contributed by atoms with van der Waals surface area (Å²) in [6, 6.07) is 29.5. The van der Waals surface area contributed by atoms with E-state index in [2.05, 4.69) is 20.1 Å². The Morgan fingerprint density at radius 1 is 0.600 bits per heavy atom. The van der Waals surface area contributed by atoms with E-state index in [1.165, 1.54) is 0 Å². The second kappa shape index (κ2) is 8.62. The van der Waals surface area contributed by atoms with Gasteiger partial charge in [0.1, 0.15) is 11.0 Å². The highest BCUT2D eigenvalue weighted by atomic mass is 35.7. The Bertz CT molecular complexity index is 1540. The highest BCUT2D eigenvalue weighted by Gasteiger charge is 2.24. The van der Waals surface area contributed by atoms with Gasteiger partial charge in [-0.1, -0.05) is 48.5 Å². The van der Waals surface area contributed by atoms with E-state index in [0.29, 0.717) is 45.4 Å². The van der Waals surface area contributed by atoms with Crippen molar-refractivity contribution in [1.29, 1.82) is 0 Å². The zero-order valence-corrected chi connectivity index (χ0v) is 19.8. The molecule has 0 bridgehead atoms. The lowest BCUT2D eigenvalue weighted by Crippen LogP contribution is -2.03. The molecule has 0 unspecified atom stereocenters. The predicted octanol–water partition coefficient (Wildman–Crippen LogP) is 8.17. The van der Waals surface area contributed by atoms with E-state index in [-0.39, 0.29) is 0 Å². The fourth-order valence-corrected chi connectivity index (χ4v) is 5.46. The van der Waals surface area contributed by atoms with Gasteiger partial charge in [0.15, 0.2) is 11.2 Å². The van der Waals surface area contributed by atoms with Crippen LogP contribution in [0.2, 0.25) is 0 Å². The lowest BCUT2D eigenvalue weighted by Gasteiger charge is -2.19. The van der Waals surface area contributed by atoms with Gasteiger partial charge in [-0.05, 0) is 59.8 Å². The number of hydrogen-bond donors (Lipinski definition) is 2. The number of oxazole rings is 2. The van der Waals surface area contributed by atoms with E-state index in [1.54, 1.807) is 12.1 Å². The molecule has 0 aliphatic carbocycles. The number of hydrogen-bond acceptors (Lipinski definition) is 5. The summed E-state index contributed by atoms with van der Waals surface area (Å²) in [5, 5.41) is 5.88. The Hall–Kier alpha value is -4.06. The van der Waals surface area contributed by atoms with Gasteiger partial charge in [-0.2, -0.15) is 0 Å². The van der Waals surface area contributed by atoms with Gasteiger partial charge in [0.2, 0.25) is 11.8 Å². The number of aromatic nitrogens is 2. The fourth-order valence-electron chi connectivity index (χ4n) is 3.85. The van der Waals surface area contributed by atoms with E-state index in [4.69, 9.17) is 20.1 Å². The van der Waals surface area contributed by atoms with Crippen LogP contribution in [0.15, 0.2) is 106 Å². The molecule has 0 aliphatic heterocycles. The van der Waals surface area contributed by atoms with Crippen molar-refractivity contribution in [3.63, 3.8) is 0 Å². The second-order valence-electron chi connectivity index (χ2n) is 7.82. The summed E-state index contributed by atoms with van der Waals surface area (Å²) >= 11 is 6.51. The molecule has 6 rings (SSSR count). The molecular weight excluding hydrogens is 483 g/mol. The number of rotatable bonds is 6. The highest BCUT2D eigenvalue weighted by Crippen LogP contribution is 2.53. The summed E-state index contributed by atoms with van der Waals surface area (Å²) < 4.78 is 25.3. The van der Waals surface area contributed by atoms with Crippen molar-refractivity contribution < 1.29 is 13.4 Å². The third kappa shape index (κ3) is 4.28. The molecule has 0 saturated carbocycles. The van der Waals surface area contributed by atoms with Crippen molar-refractivity contribution in [3.8, 4) is 22.9 Å². The van der Waals surface area contributed by atoms with E-state index < -0.39 is 6.80 Å². The van der Waals surface area contributed by atoms with Crippen LogP contribution >= 0.6 is 18.0 Å². The average molecular weight is 501 g/mol. The standard InChI is InChI=1S/C26H18ClN4O3P/c27-35(32,30-19-11-3-1-9-17(19)25-28-21-13-5-7-15-23(21)33-25)31-20-12-4-2-10-18(20)26-29-22-14-6-8-16-24(22)34-26/h1-16H,(H2,30,31,32). The summed E-state index contributed by atoms with van der Waals surface area (Å²) in [7, 11) is 0. The molecule has 6 aromatic rings. The Morgan fingerprint density at radius 2 is 1.00 bits per heavy atom. The normalized spacial score (nSPS) is 11.7. The number of nitrogens with zero attached hydrogens (tertiary/aromatic N) is 2. The molecule has 0 atom stereocenters. The summed E-state index contributed by atoms with van der Waals surface area (Å²) in [5.74, 6) is 0.802. The van der Waals surface area contributed by atoms with Crippen molar-refractivity contribution in [1.82, 2.24) is 9.97 Å². The maximum absolute atomic E-state index is 13.5. The number of nitrogens with one attached hydrogen (secondary N) is 2. The number of para-hydroxylation sites is 6. The molecule has 7 nitrogen and oxygen atoms in total. The maximum atomic E-state index is 13.5. The van der Waals surface area contributed by atoms with E-state index in [1.807, 2.05) is 84.9 Å². The van der Waals surface area contributed by atoms with E-state index in [0.717, 1.165) is 11.0 Å². The quantitative estimate of drug-likeness (QED) is 0.223. The zero-order chi connectivity index (χ0) is 23.8. The third-order valence-corrected chi connectivity index (χ3v) is 7.00. The largest absolute Gasteiger partial charge is 0.436 e. The smallest absolute Gasteiger partial charge is 0.347 e. The number of halogens is 1. The molecule has 0 aliphatic rings. The van der Waals surface area contributed by atoms with Crippen molar-refractivity contribution in [2.75, 3.05) is 10.2 Å². The van der Waals surface area contributed by atoms with Crippen LogP contribution in [0.1, 0.15) is 0 Å². The van der Waals surface area contributed by atoms with Gasteiger partial charge < -0.3 is 19.0 Å². The molecule has 9 heteroatoms. The van der Waals surface area contributed by atoms with Crippen LogP contribution in [0.25, 0.3) is 45.1 Å². The Morgan fingerprint density at radius 3 is 1.46 bits per heavy atom. The van der Waals surface area contributed by atoms with Crippen molar-refractivity contribution in [2.45, 2.75) is 0 Å². The Labute approximate surface area is 205 Å². The van der Waals surface area contributed by atoms with Crippen LogP contribution in [0.4, 0.5) is 11.4 Å². The number of anilines is 2. The van der Waals surface area contributed by atoms with Crippen LogP contribution < -0.4 is 10.2 Å². The molecule has 2 N–H and O–H groups in total. The van der Waals surface area contributed by atoms with Crippen LogP contribution in [0.3, 0.4) is 0 Å². The van der Waals surface area contributed by atoms with E-state index in [9.17, 15) is 4.57 Å². The summed E-state index contributed by atoms with van der Waals surface area (Å²) in [6.45, 7) is -3.67. The van der Waals surface area contributed by atoms with Crippen molar-refractivity contribution in [2.24, 2.45) is 0 Å². The summed E-state index contributed by atoms with van der Waals surface area (Å²) in [4.78, 5) is 9.10. The van der Waals surface area contributed by atoms with Crippen molar-refractivity contribution in [3.05, 3.63) is 97.1 Å². The first-order chi connectivity index (χ1) is 17.1. The van der Waals surface area contributed by atoms with Gasteiger partial charge in [-0.3, -0.25) is 4.57 Å². The number of fused-ring (bicyclic) bond motifs is 2. The Balaban J connectivity index is 1.32. The molecule has 0 fully saturated rings. The molecule has 2 aromatic heterocycles. The molecule has 0 radical (unpaired) electrons. The van der Waals surface area contributed by atoms with Crippen molar-refractivity contribution >= 4 is 51.6 Å². The first kappa shape index (κ1) is 21.5. The molecule has 172 valence electrons. The van der Waals surface area contributed by atoms with Crippen LogP contribution in [-0.4, -0.2) is 9.97 Å². The monoisotopic (exact) mass is 500 g/mol. The topological polar surface area (TPSA) is 93.2 Å². The van der Waals surface area contributed by atoms with Crippen LogP contribution in [0.5, 0.6) is 0 Å². The van der Waals surface area contributed by atoms with Gasteiger partial charge in [0.05, 0.1) is 22.5 Å². The second-order valence-corrected chi connectivity index (χ2v) is 10.8. The summed E-state index contributed by atoms with van der Waals surface area (Å²) in [6.07, 6.45) is 0. The fraction of sp³-hybridized carbons (Fsp3) is 0. The van der Waals surface area contributed by atoms with Gasteiger partial charge in [0.25, 0.3) is 0 Å². The Kier molecular flexibility index (Phi) is 5.29. The first-order valence-electron chi connectivity index (χ1n) is 10.8. The van der Waals surface area contributed by atoms with Gasteiger partial charge >= 0.3 is 6.80 Å². The zero-order valence-electron chi connectivity index (χ0n) is 18.2. The average Bonchev–Trinajstić information content (AvgIpc) is 3.48. The minimum absolute atomic E-state index is 0.401. The van der Waals surface area contributed by atoms with Crippen LogP contribution in [-0.2, 0) is 4.57 Å². The molecule has 4 aromatic carbocycles. The van der Waals surface area contributed by atoms with Crippen LogP contribution in [0, 0.1) is 0 Å². The lowest BCUT2D eigenvalue weighted by atomic mass is 10.2. The summed E-state index contributed by atoms with van der Waals surface area (Å²) in [5.41, 5.74) is 5.10. The lowest BCUT2D eigenvalue weighted by molar-refractivity contribution is 0.590. The minimum Gasteiger partial charge on any atom is -0.436 e. The molecule has 35 heavy (non-hydrogen) atoms. The number of benzene rings is 4. The van der Waals surface area contributed by atoms with Gasteiger partial charge in [-0.15, -0.1) is 0 Å². The molecule has 2 heterocycles. The maximum Gasteiger partial charge on any atom is 0.347 e. The molecule has 0 spiro atoms. The predicted molar refractivity (Wildman–Crippen MR) is 140 cm³/mol. The van der Waals surface area contributed by atoms with Gasteiger partial charge in [-0.25, -0.2) is 9.97 Å². The first-order valence-corrected chi connectivity index (χ1v) is 13.4. The SMILES string of the molecule is O=P(Cl)(Nc1ccccc1-c1nc2ccccc2o1)Nc1ccccc1-c1nc2ccccc2o1. The molecule has 0 amide bonds.